The minimum absolute atomic E-state index is 0.0741. The number of aromatic nitrogens is 6. The first-order chi connectivity index (χ1) is 14.2. The zero-order chi connectivity index (χ0) is 20.2. The zero-order valence-electron chi connectivity index (χ0n) is 15.9. The number of pyridine rings is 1. The first-order valence-electron chi connectivity index (χ1n) is 9.04. The van der Waals surface area contributed by atoms with E-state index < -0.39 is 0 Å². The van der Waals surface area contributed by atoms with Crippen LogP contribution < -0.4 is 0 Å². The Hall–Kier alpha value is -3.33. The number of carbonyl (C=O) groups excluding carboxylic acids is 1. The molecule has 1 aromatic carbocycles. The van der Waals surface area contributed by atoms with Gasteiger partial charge in [0.2, 0.25) is 0 Å². The van der Waals surface area contributed by atoms with Crippen LogP contribution in [0.15, 0.2) is 59.0 Å². The summed E-state index contributed by atoms with van der Waals surface area (Å²) < 4.78 is 6.78. The second kappa shape index (κ2) is 8.36. The summed E-state index contributed by atoms with van der Waals surface area (Å²) in [6.07, 6.45) is 3.50. The minimum atomic E-state index is -0.327. The van der Waals surface area contributed by atoms with E-state index in [-0.39, 0.29) is 12.4 Å². The van der Waals surface area contributed by atoms with Crippen molar-refractivity contribution in [1.29, 1.82) is 0 Å². The van der Waals surface area contributed by atoms with Crippen molar-refractivity contribution in [2.45, 2.75) is 23.5 Å². The number of fused-ring (bicyclic) bond motifs is 1. The number of rotatable bonds is 6. The first kappa shape index (κ1) is 19.0. The van der Waals surface area contributed by atoms with E-state index in [0.29, 0.717) is 23.4 Å². The molecule has 3 heterocycles. The molecule has 0 unspecified atom stereocenters. The lowest BCUT2D eigenvalue weighted by atomic mass is 10.2. The fourth-order valence-electron chi connectivity index (χ4n) is 2.77. The highest BCUT2D eigenvalue weighted by atomic mass is 32.2. The third-order valence-corrected chi connectivity index (χ3v) is 5.27. The molecule has 3 aromatic heterocycles. The molecule has 0 aliphatic carbocycles. The number of nitrogens with zero attached hydrogens (tertiary/aromatic N) is 6. The SMILES string of the molecule is CCOC(=O)Cc1nnc(Sc2nc(-c3ccncc3)nc3ccccc23)n1C. The average Bonchev–Trinajstić information content (AvgIpc) is 3.08. The van der Waals surface area contributed by atoms with Crippen LogP contribution in [-0.2, 0) is 23.0 Å². The monoisotopic (exact) mass is 406 g/mol. The van der Waals surface area contributed by atoms with E-state index in [4.69, 9.17) is 9.72 Å². The summed E-state index contributed by atoms with van der Waals surface area (Å²) in [5, 5.41) is 10.7. The van der Waals surface area contributed by atoms with Gasteiger partial charge in [-0.25, -0.2) is 9.97 Å². The Morgan fingerprint density at radius 1 is 1.10 bits per heavy atom. The number of carbonyl (C=O) groups is 1. The van der Waals surface area contributed by atoms with Crippen molar-refractivity contribution < 1.29 is 9.53 Å². The predicted molar refractivity (Wildman–Crippen MR) is 108 cm³/mol. The van der Waals surface area contributed by atoms with Crippen LogP contribution in [0.3, 0.4) is 0 Å². The average molecular weight is 406 g/mol. The van der Waals surface area contributed by atoms with E-state index in [1.165, 1.54) is 11.8 Å². The molecule has 146 valence electrons. The summed E-state index contributed by atoms with van der Waals surface area (Å²) >= 11 is 1.38. The van der Waals surface area contributed by atoms with Crippen molar-refractivity contribution in [2.24, 2.45) is 7.05 Å². The fraction of sp³-hybridized carbons (Fsp3) is 0.200. The second-order valence-electron chi connectivity index (χ2n) is 6.15. The third-order valence-electron chi connectivity index (χ3n) is 4.23. The molecule has 0 bridgehead atoms. The number of esters is 1. The van der Waals surface area contributed by atoms with Gasteiger partial charge in [-0.05, 0) is 36.9 Å². The van der Waals surface area contributed by atoms with Crippen LogP contribution >= 0.6 is 11.8 Å². The Bertz CT molecular complexity index is 1160. The molecule has 29 heavy (non-hydrogen) atoms. The Morgan fingerprint density at radius 3 is 2.69 bits per heavy atom. The van der Waals surface area contributed by atoms with Crippen molar-refractivity contribution in [3.8, 4) is 11.4 Å². The molecular formula is C20H18N6O2S. The van der Waals surface area contributed by atoms with E-state index in [9.17, 15) is 4.79 Å². The lowest BCUT2D eigenvalue weighted by molar-refractivity contribution is -0.142. The molecule has 0 saturated heterocycles. The van der Waals surface area contributed by atoms with E-state index in [2.05, 4.69) is 20.2 Å². The van der Waals surface area contributed by atoms with Gasteiger partial charge in [0.1, 0.15) is 17.3 Å². The van der Waals surface area contributed by atoms with Crippen LogP contribution in [-0.4, -0.2) is 42.3 Å². The molecule has 8 nitrogen and oxygen atoms in total. The Kier molecular flexibility index (Phi) is 5.48. The Balaban J connectivity index is 1.71. The normalized spacial score (nSPS) is 11.0. The van der Waals surface area contributed by atoms with Crippen molar-refractivity contribution >= 4 is 28.6 Å². The molecule has 9 heteroatoms. The van der Waals surface area contributed by atoms with Crippen LogP contribution in [0.1, 0.15) is 12.7 Å². The van der Waals surface area contributed by atoms with E-state index >= 15 is 0 Å². The molecule has 0 aliphatic rings. The smallest absolute Gasteiger partial charge is 0.313 e. The Morgan fingerprint density at radius 2 is 1.90 bits per heavy atom. The maximum Gasteiger partial charge on any atom is 0.313 e. The molecule has 4 rings (SSSR count). The highest BCUT2D eigenvalue weighted by molar-refractivity contribution is 7.99. The summed E-state index contributed by atoms with van der Waals surface area (Å²) in [4.78, 5) is 25.3. The van der Waals surface area contributed by atoms with Gasteiger partial charge < -0.3 is 9.30 Å². The standard InChI is InChI=1S/C20H18N6O2S/c1-3-28-17(27)12-16-24-25-20(26(16)2)29-19-14-6-4-5-7-15(14)22-18(23-19)13-8-10-21-11-9-13/h4-11H,3,12H2,1-2H3. The Labute approximate surface area is 171 Å². The van der Waals surface area contributed by atoms with Crippen LogP contribution in [0.2, 0.25) is 0 Å². The lowest BCUT2D eigenvalue weighted by Crippen LogP contribution is -2.11. The van der Waals surface area contributed by atoms with Gasteiger partial charge in [-0.1, -0.05) is 18.2 Å². The topological polar surface area (TPSA) is 95.7 Å². The second-order valence-corrected chi connectivity index (χ2v) is 7.10. The van der Waals surface area contributed by atoms with Gasteiger partial charge in [-0.15, -0.1) is 10.2 Å². The molecule has 0 saturated carbocycles. The molecule has 0 amide bonds. The predicted octanol–water partition coefficient (Wildman–Crippen LogP) is 3.08. The minimum Gasteiger partial charge on any atom is -0.466 e. The van der Waals surface area contributed by atoms with Crippen LogP contribution in [0.25, 0.3) is 22.3 Å². The van der Waals surface area contributed by atoms with Crippen LogP contribution in [0, 0.1) is 0 Å². The maximum atomic E-state index is 11.8. The number of benzene rings is 1. The molecule has 0 radical (unpaired) electrons. The number of ether oxygens (including phenoxy) is 1. The van der Waals surface area contributed by atoms with Gasteiger partial charge in [0, 0.05) is 30.4 Å². The van der Waals surface area contributed by atoms with Crippen molar-refractivity contribution in [3.05, 3.63) is 54.6 Å². The van der Waals surface area contributed by atoms with Gasteiger partial charge in [-0.2, -0.15) is 0 Å². The maximum absolute atomic E-state index is 11.8. The van der Waals surface area contributed by atoms with Gasteiger partial charge in [-0.3, -0.25) is 9.78 Å². The summed E-state index contributed by atoms with van der Waals surface area (Å²) in [6.45, 7) is 2.11. The molecule has 0 aliphatic heterocycles. The summed E-state index contributed by atoms with van der Waals surface area (Å²) in [7, 11) is 1.82. The van der Waals surface area contributed by atoms with Crippen molar-refractivity contribution in [3.63, 3.8) is 0 Å². The zero-order valence-corrected chi connectivity index (χ0v) is 16.8. The van der Waals surface area contributed by atoms with Gasteiger partial charge in [0.25, 0.3) is 0 Å². The van der Waals surface area contributed by atoms with Crippen molar-refractivity contribution in [2.75, 3.05) is 6.61 Å². The van der Waals surface area contributed by atoms with E-state index in [0.717, 1.165) is 21.5 Å². The van der Waals surface area contributed by atoms with Crippen molar-refractivity contribution in [1.82, 2.24) is 29.7 Å². The van der Waals surface area contributed by atoms with Gasteiger partial charge in [0.15, 0.2) is 11.0 Å². The third kappa shape index (κ3) is 4.09. The number of para-hydroxylation sites is 1. The molecule has 0 atom stereocenters. The lowest BCUT2D eigenvalue weighted by Gasteiger charge is -2.08. The van der Waals surface area contributed by atoms with Crippen LogP contribution in [0.5, 0.6) is 0 Å². The molecule has 0 N–H and O–H groups in total. The van der Waals surface area contributed by atoms with E-state index in [1.54, 1.807) is 23.9 Å². The van der Waals surface area contributed by atoms with E-state index in [1.807, 2.05) is 43.4 Å². The molecule has 0 spiro atoms. The number of hydrogen-bond acceptors (Lipinski definition) is 8. The highest BCUT2D eigenvalue weighted by Crippen LogP contribution is 2.32. The molecular weight excluding hydrogens is 388 g/mol. The van der Waals surface area contributed by atoms with Gasteiger partial charge >= 0.3 is 5.97 Å². The molecule has 4 aromatic rings. The van der Waals surface area contributed by atoms with Crippen LogP contribution in [0.4, 0.5) is 0 Å². The number of hydrogen-bond donors (Lipinski definition) is 0. The van der Waals surface area contributed by atoms with Gasteiger partial charge in [0.05, 0.1) is 12.1 Å². The quantitative estimate of drug-likeness (QED) is 0.356. The summed E-state index contributed by atoms with van der Waals surface area (Å²) in [5.41, 5.74) is 1.72. The summed E-state index contributed by atoms with van der Waals surface area (Å²) in [5.74, 6) is 0.827. The highest BCUT2D eigenvalue weighted by Gasteiger charge is 2.17. The largest absolute Gasteiger partial charge is 0.466 e. The summed E-state index contributed by atoms with van der Waals surface area (Å²) in [6, 6.07) is 11.6. The molecule has 0 fully saturated rings. The first-order valence-corrected chi connectivity index (χ1v) is 9.86. The fourth-order valence-corrected chi connectivity index (χ4v) is 3.68.